The fourth-order valence-corrected chi connectivity index (χ4v) is 2.83. The summed E-state index contributed by atoms with van der Waals surface area (Å²) in [6, 6.07) is 15.7. The lowest BCUT2D eigenvalue weighted by Gasteiger charge is -2.14. The van der Waals surface area contributed by atoms with E-state index in [2.05, 4.69) is 20.6 Å². The lowest BCUT2D eigenvalue weighted by Crippen LogP contribution is -2.36. The topological polar surface area (TPSA) is 77.0 Å². The Bertz CT molecular complexity index is 1000. The number of halogens is 1. The van der Waals surface area contributed by atoms with Gasteiger partial charge in [0.1, 0.15) is 5.82 Å². The quantitative estimate of drug-likeness (QED) is 0.422. The summed E-state index contributed by atoms with van der Waals surface area (Å²) in [5.74, 6) is 2.28. The van der Waals surface area contributed by atoms with Crippen LogP contribution in [0.15, 0.2) is 65.8 Å². The molecule has 2 aromatic carbocycles. The Morgan fingerprint density at radius 1 is 0.935 bits per heavy atom. The van der Waals surface area contributed by atoms with E-state index in [0.717, 1.165) is 5.56 Å². The number of guanidine groups is 1. The highest BCUT2D eigenvalue weighted by Gasteiger charge is 2.13. The molecular weight excluding hydrogens is 399 g/mol. The maximum absolute atomic E-state index is 13.7. The van der Waals surface area contributed by atoms with Gasteiger partial charge in [-0.2, -0.15) is 0 Å². The molecule has 8 heteroatoms. The van der Waals surface area contributed by atoms with Crippen LogP contribution < -0.4 is 24.8 Å². The van der Waals surface area contributed by atoms with E-state index in [9.17, 15) is 4.39 Å². The van der Waals surface area contributed by atoms with Gasteiger partial charge in [-0.15, -0.1) is 0 Å². The summed E-state index contributed by atoms with van der Waals surface area (Å²) in [4.78, 5) is 8.51. The second-order valence-corrected chi connectivity index (χ2v) is 6.47. The average molecular weight is 424 g/mol. The van der Waals surface area contributed by atoms with Crippen LogP contribution in [0.5, 0.6) is 23.1 Å². The molecule has 2 N–H and O–H groups in total. The van der Waals surface area contributed by atoms with Crippen LogP contribution in [0, 0.1) is 5.82 Å². The van der Waals surface area contributed by atoms with E-state index in [4.69, 9.17) is 14.2 Å². The van der Waals surface area contributed by atoms with Gasteiger partial charge in [0.05, 0.1) is 14.2 Å². The van der Waals surface area contributed by atoms with E-state index in [1.165, 1.54) is 6.07 Å². The minimum atomic E-state index is -0.253. The molecule has 0 aliphatic rings. The molecule has 0 bridgehead atoms. The van der Waals surface area contributed by atoms with Gasteiger partial charge in [-0.1, -0.05) is 30.3 Å². The molecule has 0 saturated heterocycles. The van der Waals surface area contributed by atoms with E-state index in [1.807, 2.05) is 12.1 Å². The molecule has 162 valence electrons. The van der Waals surface area contributed by atoms with E-state index in [1.54, 1.807) is 63.9 Å². The number of para-hydroxylation sites is 1. The smallest absolute Gasteiger partial charge is 0.219 e. The molecule has 0 aliphatic carbocycles. The van der Waals surface area contributed by atoms with Gasteiger partial charge in [0.15, 0.2) is 17.5 Å². The van der Waals surface area contributed by atoms with Crippen molar-refractivity contribution in [3.8, 4) is 23.1 Å². The van der Waals surface area contributed by atoms with Crippen LogP contribution >= 0.6 is 0 Å². The Labute approximate surface area is 180 Å². The SMILES string of the molecule is CN=C(NCc1ccc(Oc2c(OC)cccc2OC)nc1)NCc1ccccc1F. The van der Waals surface area contributed by atoms with Gasteiger partial charge < -0.3 is 24.8 Å². The molecule has 0 fully saturated rings. The van der Waals surface area contributed by atoms with Crippen molar-refractivity contribution in [3.63, 3.8) is 0 Å². The Balaban J connectivity index is 1.58. The van der Waals surface area contributed by atoms with E-state index in [-0.39, 0.29) is 5.82 Å². The lowest BCUT2D eigenvalue weighted by atomic mass is 10.2. The first kappa shape index (κ1) is 21.9. The van der Waals surface area contributed by atoms with Crippen molar-refractivity contribution in [2.45, 2.75) is 13.1 Å². The highest BCUT2D eigenvalue weighted by atomic mass is 19.1. The van der Waals surface area contributed by atoms with Crippen molar-refractivity contribution in [2.75, 3.05) is 21.3 Å². The highest BCUT2D eigenvalue weighted by Crippen LogP contribution is 2.39. The summed E-state index contributed by atoms with van der Waals surface area (Å²) >= 11 is 0. The first-order valence-corrected chi connectivity index (χ1v) is 9.66. The van der Waals surface area contributed by atoms with Crippen LogP contribution in [0.1, 0.15) is 11.1 Å². The largest absolute Gasteiger partial charge is 0.493 e. The van der Waals surface area contributed by atoms with Crippen LogP contribution in [0.3, 0.4) is 0 Å². The van der Waals surface area contributed by atoms with E-state index >= 15 is 0 Å². The molecule has 0 unspecified atom stereocenters. The van der Waals surface area contributed by atoms with Gasteiger partial charge >= 0.3 is 0 Å². The number of hydrogen-bond donors (Lipinski definition) is 2. The zero-order valence-electron chi connectivity index (χ0n) is 17.7. The number of ether oxygens (including phenoxy) is 3. The summed E-state index contributed by atoms with van der Waals surface area (Å²) in [7, 11) is 4.79. The third-order valence-electron chi connectivity index (χ3n) is 4.47. The predicted molar refractivity (Wildman–Crippen MR) is 117 cm³/mol. The molecule has 0 spiro atoms. The maximum atomic E-state index is 13.7. The second-order valence-electron chi connectivity index (χ2n) is 6.47. The minimum absolute atomic E-state index is 0.253. The van der Waals surface area contributed by atoms with Crippen LogP contribution in [0.25, 0.3) is 0 Å². The van der Waals surface area contributed by atoms with Gasteiger partial charge in [-0.3, -0.25) is 4.99 Å². The number of nitrogens with zero attached hydrogens (tertiary/aromatic N) is 2. The molecule has 0 saturated carbocycles. The molecule has 31 heavy (non-hydrogen) atoms. The first-order chi connectivity index (χ1) is 15.1. The van der Waals surface area contributed by atoms with Crippen LogP contribution in [0.4, 0.5) is 4.39 Å². The van der Waals surface area contributed by atoms with Crippen molar-refractivity contribution in [1.82, 2.24) is 15.6 Å². The Hall–Kier alpha value is -3.81. The number of hydrogen-bond acceptors (Lipinski definition) is 5. The average Bonchev–Trinajstić information content (AvgIpc) is 2.81. The summed E-state index contributed by atoms with van der Waals surface area (Å²) in [5.41, 5.74) is 1.49. The Morgan fingerprint density at radius 3 is 2.26 bits per heavy atom. The zero-order chi connectivity index (χ0) is 22.1. The molecule has 1 aromatic heterocycles. The predicted octanol–water partition coefficient (Wildman–Crippen LogP) is 3.90. The number of pyridine rings is 1. The molecule has 0 amide bonds. The van der Waals surface area contributed by atoms with Crippen molar-refractivity contribution in [2.24, 2.45) is 4.99 Å². The summed E-state index contributed by atoms with van der Waals surface area (Å²) < 4.78 is 30.3. The number of aliphatic imine (C=N–C) groups is 1. The molecule has 3 aromatic rings. The zero-order valence-corrected chi connectivity index (χ0v) is 17.7. The molecule has 3 rings (SSSR count). The number of methoxy groups -OCH3 is 2. The van der Waals surface area contributed by atoms with Crippen molar-refractivity contribution < 1.29 is 18.6 Å². The van der Waals surface area contributed by atoms with Gasteiger partial charge in [0.25, 0.3) is 0 Å². The Morgan fingerprint density at radius 2 is 1.65 bits per heavy atom. The van der Waals surface area contributed by atoms with E-state index in [0.29, 0.717) is 47.7 Å². The summed E-state index contributed by atoms with van der Waals surface area (Å²) in [6.07, 6.45) is 1.70. The fraction of sp³-hybridized carbons (Fsp3) is 0.217. The third-order valence-corrected chi connectivity index (χ3v) is 4.47. The molecule has 7 nitrogen and oxygen atoms in total. The van der Waals surface area contributed by atoms with Crippen molar-refractivity contribution in [1.29, 1.82) is 0 Å². The van der Waals surface area contributed by atoms with Crippen molar-refractivity contribution in [3.05, 3.63) is 77.7 Å². The lowest BCUT2D eigenvalue weighted by molar-refractivity contribution is 0.342. The van der Waals surface area contributed by atoms with E-state index < -0.39 is 0 Å². The number of rotatable bonds is 8. The molecule has 0 aliphatic heterocycles. The van der Waals surface area contributed by atoms with Gasteiger partial charge in [0.2, 0.25) is 11.6 Å². The highest BCUT2D eigenvalue weighted by molar-refractivity contribution is 5.79. The fourth-order valence-electron chi connectivity index (χ4n) is 2.83. The van der Waals surface area contributed by atoms with Crippen LogP contribution in [-0.4, -0.2) is 32.2 Å². The van der Waals surface area contributed by atoms with Crippen LogP contribution in [-0.2, 0) is 13.1 Å². The van der Waals surface area contributed by atoms with Gasteiger partial charge in [-0.05, 0) is 23.8 Å². The van der Waals surface area contributed by atoms with Crippen LogP contribution in [0.2, 0.25) is 0 Å². The minimum Gasteiger partial charge on any atom is -0.493 e. The first-order valence-electron chi connectivity index (χ1n) is 9.66. The second kappa shape index (κ2) is 10.8. The number of benzene rings is 2. The number of aromatic nitrogens is 1. The molecular formula is C23H25FN4O3. The molecule has 0 radical (unpaired) electrons. The standard InChI is InChI=1S/C23H25FN4O3/c1-25-23(28-15-17-7-4-5-8-18(17)24)27-14-16-11-12-21(26-13-16)31-22-19(29-2)9-6-10-20(22)30-3/h4-13H,14-15H2,1-3H3,(H2,25,27,28). The Kier molecular flexibility index (Phi) is 7.64. The molecule has 0 atom stereocenters. The van der Waals surface area contributed by atoms with Gasteiger partial charge in [-0.25, -0.2) is 9.37 Å². The normalized spacial score (nSPS) is 11.0. The maximum Gasteiger partial charge on any atom is 0.219 e. The number of nitrogens with one attached hydrogen (secondary N) is 2. The summed E-state index contributed by atoms with van der Waals surface area (Å²) in [5, 5.41) is 6.27. The molecule has 1 heterocycles. The third kappa shape index (κ3) is 5.85. The van der Waals surface area contributed by atoms with Gasteiger partial charge in [0, 0.05) is 38.0 Å². The monoisotopic (exact) mass is 424 g/mol. The van der Waals surface area contributed by atoms with Crippen molar-refractivity contribution >= 4 is 5.96 Å². The summed E-state index contributed by atoms with van der Waals surface area (Å²) in [6.45, 7) is 0.820.